The highest BCUT2D eigenvalue weighted by Gasteiger charge is 2.21. The zero-order valence-electron chi connectivity index (χ0n) is 17.9. The molecule has 6 heteroatoms. The molecule has 0 radical (unpaired) electrons. The van der Waals surface area contributed by atoms with Crippen LogP contribution in [-0.4, -0.2) is 20.7 Å². The summed E-state index contributed by atoms with van der Waals surface area (Å²) in [5.74, 6) is -0.287. The zero-order valence-corrected chi connectivity index (χ0v) is 17.9. The number of rotatable bonds is 4. The van der Waals surface area contributed by atoms with E-state index in [1.54, 1.807) is 35.0 Å². The SMILES string of the molecule is Cc1nn(-c2ccccc2)c2nc(-c3ccccc3)cc(C(=O)Nc3cccc(C#N)c3)c12. The van der Waals surface area contributed by atoms with Crippen LogP contribution < -0.4 is 5.32 Å². The summed E-state index contributed by atoms with van der Waals surface area (Å²) in [6.07, 6.45) is 0. The minimum Gasteiger partial charge on any atom is -0.322 e. The lowest BCUT2D eigenvalue weighted by atomic mass is 10.0. The fourth-order valence-electron chi connectivity index (χ4n) is 3.84. The number of amides is 1. The van der Waals surface area contributed by atoms with Gasteiger partial charge in [-0.1, -0.05) is 54.6 Å². The van der Waals surface area contributed by atoms with E-state index in [0.717, 1.165) is 11.3 Å². The third kappa shape index (κ3) is 3.84. The summed E-state index contributed by atoms with van der Waals surface area (Å²) in [7, 11) is 0. The number of fused-ring (bicyclic) bond motifs is 1. The highest BCUT2D eigenvalue weighted by molar-refractivity contribution is 6.13. The molecule has 0 aliphatic carbocycles. The Bertz CT molecular complexity index is 1520. The fraction of sp³-hybridized carbons (Fsp3) is 0.0370. The summed E-state index contributed by atoms with van der Waals surface area (Å²) in [4.78, 5) is 18.3. The van der Waals surface area contributed by atoms with E-state index in [4.69, 9.17) is 10.1 Å². The molecule has 0 saturated carbocycles. The topological polar surface area (TPSA) is 83.6 Å². The minimum absolute atomic E-state index is 0.287. The number of pyridine rings is 1. The second kappa shape index (κ2) is 8.40. The van der Waals surface area contributed by atoms with E-state index >= 15 is 0 Å². The van der Waals surface area contributed by atoms with Gasteiger partial charge in [0, 0.05) is 11.3 Å². The van der Waals surface area contributed by atoms with E-state index in [-0.39, 0.29) is 5.91 Å². The first-order valence-electron chi connectivity index (χ1n) is 10.5. The summed E-state index contributed by atoms with van der Waals surface area (Å²) in [6.45, 7) is 1.87. The average Bonchev–Trinajstić information content (AvgIpc) is 3.21. The van der Waals surface area contributed by atoms with Crippen LogP contribution in [0.15, 0.2) is 91.0 Å². The predicted octanol–water partition coefficient (Wildman–Crippen LogP) is 5.52. The Morgan fingerprint density at radius 1 is 0.939 bits per heavy atom. The van der Waals surface area contributed by atoms with E-state index < -0.39 is 0 Å². The number of nitrogens with zero attached hydrogens (tertiary/aromatic N) is 4. The highest BCUT2D eigenvalue weighted by atomic mass is 16.1. The van der Waals surface area contributed by atoms with Crippen molar-refractivity contribution in [2.45, 2.75) is 6.92 Å². The van der Waals surface area contributed by atoms with E-state index in [1.807, 2.05) is 67.6 Å². The Labute approximate surface area is 190 Å². The van der Waals surface area contributed by atoms with Crippen molar-refractivity contribution >= 4 is 22.6 Å². The number of carbonyl (C=O) groups excluding carboxylic acids is 1. The quantitative estimate of drug-likeness (QED) is 0.408. The molecule has 0 fully saturated rings. The first-order chi connectivity index (χ1) is 16.1. The summed E-state index contributed by atoms with van der Waals surface area (Å²) >= 11 is 0. The van der Waals surface area contributed by atoms with Gasteiger partial charge in [0.25, 0.3) is 5.91 Å². The largest absolute Gasteiger partial charge is 0.322 e. The summed E-state index contributed by atoms with van der Waals surface area (Å²) in [5, 5.41) is 17.5. The van der Waals surface area contributed by atoms with Crippen molar-refractivity contribution in [1.82, 2.24) is 14.8 Å². The van der Waals surface area contributed by atoms with E-state index in [0.29, 0.717) is 39.2 Å². The van der Waals surface area contributed by atoms with Crippen LogP contribution in [0.3, 0.4) is 0 Å². The van der Waals surface area contributed by atoms with Crippen LogP contribution in [0.25, 0.3) is 28.0 Å². The van der Waals surface area contributed by atoms with E-state index in [1.165, 1.54) is 0 Å². The molecule has 3 aromatic carbocycles. The molecule has 0 aliphatic rings. The number of hydrogen-bond donors (Lipinski definition) is 1. The maximum absolute atomic E-state index is 13.5. The van der Waals surface area contributed by atoms with Gasteiger partial charge in [0.1, 0.15) is 0 Å². The Balaban J connectivity index is 1.70. The number of nitriles is 1. The molecule has 2 heterocycles. The molecular formula is C27H19N5O. The Morgan fingerprint density at radius 3 is 2.39 bits per heavy atom. The number of hydrogen-bond acceptors (Lipinski definition) is 4. The summed E-state index contributed by atoms with van der Waals surface area (Å²) in [6, 6.07) is 30.2. The highest BCUT2D eigenvalue weighted by Crippen LogP contribution is 2.29. The minimum atomic E-state index is -0.287. The number of para-hydroxylation sites is 1. The molecular weight excluding hydrogens is 410 g/mol. The van der Waals surface area contributed by atoms with Crippen LogP contribution in [-0.2, 0) is 0 Å². The van der Waals surface area contributed by atoms with Gasteiger partial charge in [-0.05, 0) is 43.3 Å². The second-order valence-electron chi connectivity index (χ2n) is 7.60. The van der Waals surface area contributed by atoms with Crippen LogP contribution in [0.2, 0.25) is 0 Å². The molecule has 0 aliphatic heterocycles. The van der Waals surface area contributed by atoms with Gasteiger partial charge in [0.2, 0.25) is 0 Å². The van der Waals surface area contributed by atoms with Crippen LogP contribution >= 0.6 is 0 Å². The molecule has 6 nitrogen and oxygen atoms in total. The lowest BCUT2D eigenvalue weighted by Crippen LogP contribution is -2.13. The van der Waals surface area contributed by atoms with Gasteiger partial charge < -0.3 is 5.32 Å². The van der Waals surface area contributed by atoms with Gasteiger partial charge in [-0.15, -0.1) is 0 Å². The molecule has 1 N–H and O–H groups in total. The lowest BCUT2D eigenvalue weighted by Gasteiger charge is -2.10. The van der Waals surface area contributed by atoms with Gasteiger partial charge in [-0.25, -0.2) is 9.67 Å². The van der Waals surface area contributed by atoms with Crippen LogP contribution in [0.4, 0.5) is 5.69 Å². The Kier molecular flexibility index (Phi) is 5.13. The number of carbonyl (C=O) groups is 1. The molecule has 158 valence electrons. The van der Waals surface area contributed by atoms with Gasteiger partial charge in [-0.3, -0.25) is 4.79 Å². The third-order valence-corrected chi connectivity index (χ3v) is 5.38. The molecule has 1 amide bonds. The fourth-order valence-corrected chi connectivity index (χ4v) is 3.84. The van der Waals surface area contributed by atoms with Crippen molar-refractivity contribution in [2.75, 3.05) is 5.32 Å². The predicted molar refractivity (Wildman–Crippen MR) is 128 cm³/mol. The van der Waals surface area contributed by atoms with Crippen molar-refractivity contribution in [3.63, 3.8) is 0 Å². The van der Waals surface area contributed by atoms with E-state index in [2.05, 4.69) is 11.4 Å². The molecule has 0 atom stereocenters. The molecule has 5 rings (SSSR count). The number of aromatic nitrogens is 3. The molecule has 0 saturated heterocycles. The Hall–Kier alpha value is -4.76. The molecule has 33 heavy (non-hydrogen) atoms. The van der Waals surface area contributed by atoms with Crippen molar-refractivity contribution in [1.29, 1.82) is 5.26 Å². The smallest absolute Gasteiger partial charge is 0.256 e. The van der Waals surface area contributed by atoms with Gasteiger partial charge >= 0.3 is 0 Å². The summed E-state index contributed by atoms with van der Waals surface area (Å²) in [5.41, 5.74) is 5.26. The molecule has 2 aromatic heterocycles. The molecule has 0 bridgehead atoms. The first kappa shape index (κ1) is 20.2. The maximum Gasteiger partial charge on any atom is 0.256 e. The second-order valence-corrected chi connectivity index (χ2v) is 7.60. The van der Waals surface area contributed by atoms with Gasteiger partial charge in [0.15, 0.2) is 5.65 Å². The molecule has 0 spiro atoms. The number of anilines is 1. The maximum atomic E-state index is 13.5. The zero-order chi connectivity index (χ0) is 22.8. The van der Waals surface area contributed by atoms with E-state index in [9.17, 15) is 10.1 Å². The molecule has 0 unspecified atom stereocenters. The van der Waals surface area contributed by atoms with Crippen molar-refractivity contribution in [2.24, 2.45) is 0 Å². The number of benzene rings is 3. The van der Waals surface area contributed by atoms with Crippen molar-refractivity contribution in [3.8, 4) is 23.0 Å². The molecule has 5 aromatic rings. The summed E-state index contributed by atoms with van der Waals surface area (Å²) < 4.78 is 1.77. The van der Waals surface area contributed by atoms with Crippen LogP contribution in [0.1, 0.15) is 21.6 Å². The number of nitrogens with one attached hydrogen (secondary N) is 1. The van der Waals surface area contributed by atoms with Gasteiger partial charge in [0.05, 0.1) is 39.7 Å². The first-order valence-corrected chi connectivity index (χ1v) is 10.5. The van der Waals surface area contributed by atoms with Crippen LogP contribution in [0.5, 0.6) is 0 Å². The lowest BCUT2D eigenvalue weighted by molar-refractivity contribution is 0.102. The normalized spacial score (nSPS) is 10.7. The van der Waals surface area contributed by atoms with Crippen molar-refractivity contribution < 1.29 is 4.79 Å². The number of aryl methyl sites for hydroxylation is 1. The average molecular weight is 429 g/mol. The Morgan fingerprint density at radius 2 is 1.67 bits per heavy atom. The standard InChI is InChI=1S/C27H19N5O/c1-18-25-23(27(33)29-21-12-8-9-19(15-21)17-28)16-24(20-10-4-2-5-11-20)30-26(25)32(31-18)22-13-6-3-7-14-22/h2-16H,1H3,(H,29,33). The van der Waals surface area contributed by atoms with Crippen LogP contribution in [0, 0.1) is 18.3 Å². The monoisotopic (exact) mass is 429 g/mol. The van der Waals surface area contributed by atoms with Gasteiger partial charge in [-0.2, -0.15) is 10.4 Å². The van der Waals surface area contributed by atoms with Crippen molar-refractivity contribution in [3.05, 3.63) is 108 Å². The third-order valence-electron chi connectivity index (χ3n) is 5.38.